The maximum absolute atomic E-state index is 12.2. The Bertz CT molecular complexity index is 536. The number of nitrogens with zero attached hydrogens (tertiary/aromatic N) is 2. The van der Waals surface area contributed by atoms with Gasteiger partial charge >= 0.3 is 12.5 Å². The van der Waals surface area contributed by atoms with Gasteiger partial charge < -0.3 is 14.7 Å². The Labute approximate surface area is 125 Å². The summed E-state index contributed by atoms with van der Waals surface area (Å²) in [4.78, 5) is 14.4. The van der Waals surface area contributed by atoms with Gasteiger partial charge in [0.25, 0.3) is 0 Å². The summed E-state index contributed by atoms with van der Waals surface area (Å²) in [5, 5.41) is 9.01. The number of rotatable bonds is 3. The standard InChI is InChI=1S/C14H17F3N2O3/c1-10-8-18(5-6-19(10)13(20)21)9-11-3-2-4-12(7-11)22-14(15,16)17/h2-4,7,10H,5-6,8-9H2,1H3,(H,20,21)/t10-/m1/s1. The molecule has 0 spiro atoms. The number of carboxylic acid groups (broad SMARTS) is 1. The van der Waals surface area contributed by atoms with Crippen LogP contribution in [0.2, 0.25) is 0 Å². The average molecular weight is 318 g/mol. The van der Waals surface area contributed by atoms with E-state index in [0.717, 1.165) is 0 Å². The molecule has 0 radical (unpaired) electrons. The van der Waals surface area contributed by atoms with Crippen LogP contribution in [-0.2, 0) is 6.54 Å². The highest BCUT2D eigenvalue weighted by atomic mass is 19.4. The van der Waals surface area contributed by atoms with Crippen LogP contribution in [-0.4, -0.2) is 53.0 Å². The summed E-state index contributed by atoms with van der Waals surface area (Å²) in [5.74, 6) is -0.248. The molecule has 1 aliphatic rings. The van der Waals surface area contributed by atoms with E-state index in [1.54, 1.807) is 6.07 Å². The molecule has 0 aromatic heterocycles. The molecule has 122 valence electrons. The van der Waals surface area contributed by atoms with Gasteiger partial charge in [0, 0.05) is 32.2 Å². The third-order valence-electron chi connectivity index (χ3n) is 3.50. The van der Waals surface area contributed by atoms with Crippen LogP contribution in [0.3, 0.4) is 0 Å². The predicted octanol–water partition coefficient (Wildman–Crippen LogP) is 2.77. The summed E-state index contributed by atoms with van der Waals surface area (Å²) in [5.41, 5.74) is 0.692. The van der Waals surface area contributed by atoms with Crippen LogP contribution >= 0.6 is 0 Å². The Balaban J connectivity index is 1.97. The van der Waals surface area contributed by atoms with Crippen molar-refractivity contribution in [2.75, 3.05) is 19.6 Å². The van der Waals surface area contributed by atoms with Crippen molar-refractivity contribution in [1.82, 2.24) is 9.80 Å². The van der Waals surface area contributed by atoms with E-state index in [-0.39, 0.29) is 11.8 Å². The van der Waals surface area contributed by atoms with E-state index in [0.29, 0.717) is 31.7 Å². The third kappa shape index (κ3) is 4.52. The van der Waals surface area contributed by atoms with Gasteiger partial charge in [0.1, 0.15) is 5.75 Å². The monoisotopic (exact) mass is 318 g/mol. The van der Waals surface area contributed by atoms with E-state index in [9.17, 15) is 18.0 Å². The fraction of sp³-hybridized carbons (Fsp3) is 0.500. The quantitative estimate of drug-likeness (QED) is 0.931. The van der Waals surface area contributed by atoms with Gasteiger partial charge in [-0.05, 0) is 24.6 Å². The van der Waals surface area contributed by atoms with Gasteiger partial charge in [-0.15, -0.1) is 13.2 Å². The van der Waals surface area contributed by atoms with E-state index in [4.69, 9.17) is 5.11 Å². The summed E-state index contributed by atoms with van der Waals surface area (Å²) in [6.07, 6.45) is -5.66. The fourth-order valence-electron chi connectivity index (χ4n) is 2.56. The Morgan fingerprint density at radius 3 is 2.73 bits per heavy atom. The number of ether oxygens (including phenoxy) is 1. The molecule has 8 heteroatoms. The molecule has 1 aromatic rings. The average Bonchev–Trinajstić information content (AvgIpc) is 2.36. The van der Waals surface area contributed by atoms with Crippen molar-refractivity contribution in [3.05, 3.63) is 29.8 Å². The first kappa shape index (κ1) is 16.4. The number of hydrogen-bond donors (Lipinski definition) is 1. The van der Waals surface area contributed by atoms with Gasteiger partial charge in [-0.3, -0.25) is 4.90 Å². The van der Waals surface area contributed by atoms with Gasteiger partial charge in [-0.2, -0.15) is 0 Å². The van der Waals surface area contributed by atoms with Crippen molar-refractivity contribution in [3.63, 3.8) is 0 Å². The van der Waals surface area contributed by atoms with Crippen LogP contribution in [0.4, 0.5) is 18.0 Å². The molecule has 0 bridgehead atoms. The lowest BCUT2D eigenvalue weighted by atomic mass is 10.1. The number of alkyl halides is 3. The molecular weight excluding hydrogens is 301 g/mol. The SMILES string of the molecule is C[C@@H]1CN(Cc2cccc(OC(F)(F)F)c2)CCN1C(=O)O. The van der Waals surface area contributed by atoms with Gasteiger partial charge in [-0.25, -0.2) is 4.79 Å². The zero-order chi connectivity index (χ0) is 16.3. The number of amides is 1. The van der Waals surface area contributed by atoms with Crippen molar-refractivity contribution in [2.24, 2.45) is 0 Å². The molecule has 1 aliphatic heterocycles. The van der Waals surface area contributed by atoms with Gasteiger partial charge in [0.2, 0.25) is 0 Å². The molecule has 1 aromatic carbocycles. The fourth-order valence-corrected chi connectivity index (χ4v) is 2.56. The van der Waals surface area contributed by atoms with Crippen LogP contribution in [0, 0.1) is 0 Å². The first-order valence-corrected chi connectivity index (χ1v) is 6.81. The molecule has 1 amide bonds. The van der Waals surface area contributed by atoms with E-state index in [2.05, 4.69) is 4.74 Å². The zero-order valence-electron chi connectivity index (χ0n) is 12.0. The molecule has 1 atom stereocenters. The lowest BCUT2D eigenvalue weighted by Gasteiger charge is -2.38. The van der Waals surface area contributed by atoms with Crippen LogP contribution < -0.4 is 4.74 Å². The minimum Gasteiger partial charge on any atom is -0.465 e. The van der Waals surface area contributed by atoms with Crippen molar-refractivity contribution >= 4 is 6.09 Å². The second-order valence-electron chi connectivity index (χ2n) is 5.26. The van der Waals surface area contributed by atoms with E-state index in [1.807, 2.05) is 11.8 Å². The van der Waals surface area contributed by atoms with Crippen LogP contribution in [0.25, 0.3) is 0 Å². The second-order valence-corrected chi connectivity index (χ2v) is 5.26. The first-order chi connectivity index (χ1) is 10.2. The molecule has 5 nitrogen and oxygen atoms in total. The van der Waals surface area contributed by atoms with Gasteiger partial charge in [0.05, 0.1) is 0 Å². The lowest BCUT2D eigenvalue weighted by molar-refractivity contribution is -0.274. The minimum atomic E-state index is -4.71. The van der Waals surface area contributed by atoms with Crippen LogP contribution in [0.5, 0.6) is 5.75 Å². The molecule has 1 fully saturated rings. The predicted molar refractivity (Wildman–Crippen MR) is 72.6 cm³/mol. The van der Waals surface area contributed by atoms with Crippen LogP contribution in [0.1, 0.15) is 12.5 Å². The largest absolute Gasteiger partial charge is 0.573 e. The van der Waals surface area contributed by atoms with Gasteiger partial charge in [0.15, 0.2) is 0 Å². The molecule has 22 heavy (non-hydrogen) atoms. The Kier molecular flexibility index (Phi) is 4.80. The molecule has 0 saturated carbocycles. The first-order valence-electron chi connectivity index (χ1n) is 6.81. The molecule has 1 saturated heterocycles. The van der Waals surface area contributed by atoms with Crippen molar-refractivity contribution in [2.45, 2.75) is 25.9 Å². The van der Waals surface area contributed by atoms with E-state index < -0.39 is 12.5 Å². The molecule has 0 aliphatic carbocycles. The third-order valence-corrected chi connectivity index (χ3v) is 3.50. The number of carbonyl (C=O) groups is 1. The van der Waals surface area contributed by atoms with Crippen LogP contribution in [0.15, 0.2) is 24.3 Å². The zero-order valence-corrected chi connectivity index (χ0v) is 12.0. The van der Waals surface area contributed by atoms with Crippen molar-refractivity contribution in [1.29, 1.82) is 0 Å². The molecule has 1 heterocycles. The smallest absolute Gasteiger partial charge is 0.465 e. The summed E-state index contributed by atoms with van der Waals surface area (Å²) >= 11 is 0. The molecular formula is C14H17F3N2O3. The maximum atomic E-state index is 12.2. The molecule has 1 N–H and O–H groups in total. The summed E-state index contributed by atoms with van der Waals surface area (Å²) < 4.78 is 40.5. The number of hydrogen-bond acceptors (Lipinski definition) is 3. The maximum Gasteiger partial charge on any atom is 0.573 e. The molecule has 2 rings (SSSR count). The number of piperazine rings is 1. The molecule has 0 unspecified atom stereocenters. The van der Waals surface area contributed by atoms with E-state index in [1.165, 1.54) is 23.1 Å². The number of benzene rings is 1. The summed E-state index contributed by atoms with van der Waals surface area (Å²) in [7, 11) is 0. The topological polar surface area (TPSA) is 53.0 Å². The van der Waals surface area contributed by atoms with Crippen molar-refractivity contribution in [3.8, 4) is 5.75 Å². The van der Waals surface area contributed by atoms with E-state index >= 15 is 0 Å². The van der Waals surface area contributed by atoms with Crippen molar-refractivity contribution < 1.29 is 27.8 Å². The minimum absolute atomic E-state index is 0.152. The van der Waals surface area contributed by atoms with Gasteiger partial charge in [-0.1, -0.05) is 12.1 Å². The Morgan fingerprint density at radius 2 is 2.14 bits per heavy atom. The highest BCUT2D eigenvalue weighted by Gasteiger charge is 2.31. The Morgan fingerprint density at radius 1 is 1.41 bits per heavy atom. The second kappa shape index (κ2) is 6.43. The highest BCUT2D eigenvalue weighted by Crippen LogP contribution is 2.24. The highest BCUT2D eigenvalue weighted by molar-refractivity contribution is 5.65. The summed E-state index contributed by atoms with van der Waals surface area (Å²) in [6, 6.07) is 5.68. The summed E-state index contributed by atoms with van der Waals surface area (Å²) in [6.45, 7) is 3.73. The number of halogens is 3. The lowest BCUT2D eigenvalue weighted by Crippen LogP contribution is -2.53. The normalized spacial score (nSPS) is 20.0. The Hall–Kier alpha value is -1.96.